The van der Waals surface area contributed by atoms with Crippen LogP contribution in [0.5, 0.6) is 0 Å². The van der Waals surface area contributed by atoms with Gasteiger partial charge in [0, 0.05) is 5.56 Å². The van der Waals surface area contributed by atoms with Crippen molar-refractivity contribution >= 4 is 5.97 Å². The van der Waals surface area contributed by atoms with E-state index >= 15 is 0 Å². The Hall–Kier alpha value is -2.73. The minimum atomic E-state index is -1.29. The van der Waals surface area contributed by atoms with Crippen molar-refractivity contribution in [1.29, 1.82) is 0 Å². The molecule has 6 atom stereocenters. The number of carbonyl (C=O) groups is 1. The second-order valence-corrected chi connectivity index (χ2v) is 6.96. The Balaban J connectivity index is 1.56. The number of aliphatic hydroxyl groups is 1. The Morgan fingerprint density at radius 3 is 2.50 bits per heavy atom. The number of rotatable bonds is 5. The van der Waals surface area contributed by atoms with Crippen molar-refractivity contribution in [3.8, 4) is 12.3 Å². The van der Waals surface area contributed by atoms with E-state index in [-0.39, 0.29) is 13.2 Å². The lowest BCUT2D eigenvalue weighted by Gasteiger charge is -2.47. The minimum absolute atomic E-state index is 0.0627. The second kappa shape index (κ2) is 9.39. The van der Waals surface area contributed by atoms with Crippen LogP contribution in [0.3, 0.4) is 0 Å². The molecule has 0 radical (unpaired) electrons. The monoisotopic (exact) mass is 410 g/mol. The zero-order chi connectivity index (χ0) is 20.9. The summed E-state index contributed by atoms with van der Waals surface area (Å²) < 4.78 is 28.7. The van der Waals surface area contributed by atoms with Crippen molar-refractivity contribution in [1.82, 2.24) is 0 Å². The topological polar surface area (TPSA) is 83.5 Å². The molecule has 1 unspecified atom stereocenters. The van der Waals surface area contributed by atoms with Gasteiger partial charge in [0.05, 0.1) is 12.2 Å². The second-order valence-electron chi connectivity index (χ2n) is 6.96. The van der Waals surface area contributed by atoms with Gasteiger partial charge in [-0.2, -0.15) is 0 Å². The number of hydrogen-bond donors (Lipinski definition) is 1. The lowest BCUT2D eigenvalue weighted by atomic mass is 9.97. The van der Waals surface area contributed by atoms with Crippen LogP contribution in [0, 0.1) is 12.3 Å². The molecule has 7 heteroatoms. The molecule has 0 aromatic heterocycles. The third-order valence-corrected chi connectivity index (χ3v) is 4.96. The van der Waals surface area contributed by atoms with Gasteiger partial charge in [-0.15, -0.1) is 6.42 Å². The first-order valence-electron chi connectivity index (χ1n) is 9.64. The fourth-order valence-corrected chi connectivity index (χ4v) is 3.51. The summed E-state index contributed by atoms with van der Waals surface area (Å²) in [5.74, 6) is 1.75. The van der Waals surface area contributed by atoms with Gasteiger partial charge in [-0.25, -0.2) is 4.79 Å². The van der Waals surface area contributed by atoms with Crippen molar-refractivity contribution in [3.05, 3.63) is 71.8 Å². The van der Waals surface area contributed by atoms with Gasteiger partial charge in [0.25, 0.3) is 0 Å². The molecule has 0 aliphatic carbocycles. The van der Waals surface area contributed by atoms with E-state index in [0.29, 0.717) is 5.56 Å². The predicted octanol–water partition coefficient (Wildman–Crippen LogP) is 2.06. The Morgan fingerprint density at radius 2 is 1.80 bits per heavy atom. The number of carbonyl (C=O) groups excluding carboxylic acids is 1. The molecule has 2 aliphatic heterocycles. The van der Waals surface area contributed by atoms with E-state index in [4.69, 9.17) is 30.1 Å². The van der Waals surface area contributed by atoms with E-state index in [2.05, 4.69) is 5.92 Å². The highest BCUT2D eigenvalue weighted by molar-refractivity contribution is 5.89. The summed E-state index contributed by atoms with van der Waals surface area (Å²) in [6.07, 6.45) is -0.182. The molecule has 2 saturated heterocycles. The molecule has 7 nitrogen and oxygen atoms in total. The maximum absolute atomic E-state index is 12.7. The average molecular weight is 410 g/mol. The van der Waals surface area contributed by atoms with Crippen LogP contribution in [0.4, 0.5) is 0 Å². The molecule has 2 aliphatic rings. The molecule has 1 N–H and O–H groups in total. The number of terminal acetylenes is 1. The largest absolute Gasteiger partial charge is 0.453 e. The number of hydrogen-bond acceptors (Lipinski definition) is 7. The summed E-state index contributed by atoms with van der Waals surface area (Å²) in [7, 11) is 0. The summed E-state index contributed by atoms with van der Waals surface area (Å²) in [5.41, 5.74) is 1.17. The summed E-state index contributed by atoms with van der Waals surface area (Å²) in [4.78, 5) is 12.7. The third-order valence-electron chi connectivity index (χ3n) is 4.96. The first-order valence-corrected chi connectivity index (χ1v) is 9.64. The zero-order valence-corrected chi connectivity index (χ0v) is 16.1. The standard InChI is InChI=1S/C23H22O7/c1-2-13-26-23-18(24)20(29-21(25)15-9-5-3-6-10-15)19-17(28-23)14-27-22(30-19)16-11-7-4-8-12-16/h1,3-12,17-20,22-24H,13-14H2/t17-,18-,19-,20-,22?,23-/m1/s1. The number of benzene rings is 2. The van der Waals surface area contributed by atoms with E-state index in [0.717, 1.165) is 5.56 Å². The number of ether oxygens (including phenoxy) is 5. The van der Waals surface area contributed by atoms with Gasteiger partial charge in [-0.1, -0.05) is 54.5 Å². The van der Waals surface area contributed by atoms with Crippen LogP contribution < -0.4 is 0 Å². The van der Waals surface area contributed by atoms with Gasteiger partial charge >= 0.3 is 5.97 Å². The van der Waals surface area contributed by atoms with Crippen molar-refractivity contribution in [2.24, 2.45) is 0 Å². The Labute approximate surface area is 174 Å². The summed E-state index contributed by atoms with van der Waals surface area (Å²) in [6, 6.07) is 17.9. The van der Waals surface area contributed by atoms with Crippen LogP contribution in [0.1, 0.15) is 22.2 Å². The molecule has 0 amide bonds. The Bertz CT molecular complexity index is 879. The number of aliphatic hydroxyl groups excluding tert-OH is 1. The molecule has 0 spiro atoms. The van der Waals surface area contributed by atoms with Crippen LogP contribution in [0.15, 0.2) is 60.7 Å². The third kappa shape index (κ3) is 4.38. The maximum atomic E-state index is 12.7. The highest BCUT2D eigenvalue weighted by atomic mass is 16.8. The fraction of sp³-hybridized carbons (Fsp3) is 0.348. The molecule has 4 rings (SSSR count). The smallest absolute Gasteiger partial charge is 0.338 e. The van der Waals surface area contributed by atoms with Crippen molar-refractivity contribution < 1.29 is 33.6 Å². The van der Waals surface area contributed by atoms with Crippen molar-refractivity contribution in [2.75, 3.05) is 13.2 Å². The Kier molecular flexibility index (Phi) is 6.43. The highest BCUT2D eigenvalue weighted by Gasteiger charge is 2.52. The van der Waals surface area contributed by atoms with Gasteiger partial charge in [0.2, 0.25) is 0 Å². The molecule has 2 fully saturated rings. The lowest BCUT2D eigenvalue weighted by molar-refractivity contribution is -0.359. The first-order chi connectivity index (χ1) is 14.7. The van der Waals surface area contributed by atoms with Gasteiger partial charge in [-0.05, 0) is 12.1 Å². The minimum Gasteiger partial charge on any atom is -0.453 e. The van der Waals surface area contributed by atoms with Gasteiger partial charge in [0.15, 0.2) is 18.7 Å². The van der Waals surface area contributed by atoms with Crippen LogP contribution in [0.2, 0.25) is 0 Å². The van der Waals surface area contributed by atoms with Crippen LogP contribution in [0.25, 0.3) is 0 Å². The molecule has 0 bridgehead atoms. The molecule has 2 aromatic carbocycles. The average Bonchev–Trinajstić information content (AvgIpc) is 2.80. The van der Waals surface area contributed by atoms with E-state index in [1.54, 1.807) is 30.3 Å². The normalized spacial score (nSPS) is 30.7. The van der Waals surface area contributed by atoms with Gasteiger partial charge in [0.1, 0.15) is 24.9 Å². The summed E-state index contributed by atoms with van der Waals surface area (Å²) in [6.45, 7) is 0.110. The Morgan fingerprint density at radius 1 is 1.10 bits per heavy atom. The molecular weight excluding hydrogens is 388 g/mol. The zero-order valence-electron chi connectivity index (χ0n) is 16.1. The van der Waals surface area contributed by atoms with E-state index < -0.39 is 43.0 Å². The number of esters is 1. The van der Waals surface area contributed by atoms with Gasteiger partial charge < -0.3 is 28.8 Å². The van der Waals surface area contributed by atoms with E-state index in [1.165, 1.54) is 0 Å². The summed E-state index contributed by atoms with van der Waals surface area (Å²) in [5, 5.41) is 10.8. The molecule has 0 saturated carbocycles. The molecule has 156 valence electrons. The predicted molar refractivity (Wildman–Crippen MR) is 105 cm³/mol. The maximum Gasteiger partial charge on any atom is 0.338 e. The fourth-order valence-electron chi connectivity index (χ4n) is 3.51. The van der Waals surface area contributed by atoms with Gasteiger partial charge in [-0.3, -0.25) is 0 Å². The first kappa shape index (κ1) is 20.5. The van der Waals surface area contributed by atoms with E-state index in [9.17, 15) is 9.90 Å². The quantitative estimate of drug-likeness (QED) is 0.597. The molecule has 2 heterocycles. The molecule has 2 aromatic rings. The van der Waals surface area contributed by atoms with E-state index in [1.807, 2.05) is 30.3 Å². The number of fused-ring (bicyclic) bond motifs is 1. The summed E-state index contributed by atoms with van der Waals surface area (Å²) >= 11 is 0. The van der Waals surface area contributed by atoms with Crippen molar-refractivity contribution in [3.63, 3.8) is 0 Å². The molecule has 30 heavy (non-hydrogen) atoms. The SMILES string of the molecule is C#CCO[C@@H]1O[C@@H]2COC(c3ccccc3)O[C@H]2[C@H](OC(=O)c2ccccc2)[C@H]1O. The van der Waals surface area contributed by atoms with Crippen LogP contribution in [-0.4, -0.2) is 55.0 Å². The van der Waals surface area contributed by atoms with Crippen LogP contribution >= 0.6 is 0 Å². The lowest BCUT2D eigenvalue weighted by Crippen LogP contribution is -2.63. The molecular formula is C23H22O7. The highest BCUT2D eigenvalue weighted by Crippen LogP contribution is 2.35. The van der Waals surface area contributed by atoms with Crippen LogP contribution in [-0.2, 0) is 23.7 Å². The van der Waals surface area contributed by atoms with Crippen molar-refractivity contribution in [2.45, 2.75) is 37.0 Å².